The first-order valence-electron chi connectivity index (χ1n) is 12.8. The molecule has 5 rings (SSSR count). The predicted octanol–water partition coefficient (Wildman–Crippen LogP) is 8.70. The number of rotatable bonds is 6. The van der Waals surface area contributed by atoms with Gasteiger partial charge in [0.2, 0.25) is 5.82 Å². The fourth-order valence-corrected chi connectivity index (χ4v) is 3.53. The van der Waals surface area contributed by atoms with Crippen molar-refractivity contribution in [3.8, 4) is 0 Å². The highest BCUT2D eigenvalue weighted by atomic mass is 19.1. The van der Waals surface area contributed by atoms with Gasteiger partial charge in [0.25, 0.3) is 5.69 Å². The Bertz CT molecular complexity index is 1630. The second-order valence-electron chi connectivity index (χ2n) is 9.05. The van der Waals surface area contributed by atoms with Crippen molar-refractivity contribution in [2.45, 2.75) is 13.8 Å². The van der Waals surface area contributed by atoms with Crippen LogP contribution in [0.2, 0.25) is 0 Å². The average molecular weight is 568 g/mol. The molecular weight excluding hydrogens is 537 g/mol. The topological polar surface area (TPSA) is 136 Å². The highest BCUT2D eigenvalue weighted by Gasteiger charge is 2.12. The van der Waals surface area contributed by atoms with Gasteiger partial charge in [-0.2, -0.15) is 4.39 Å². The van der Waals surface area contributed by atoms with E-state index in [2.05, 4.69) is 29.7 Å². The number of hydrogen-bond acceptors (Lipinski definition) is 7. The summed E-state index contributed by atoms with van der Waals surface area (Å²) in [6.07, 6.45) is 0. The number of nitrogens with zero attached hydrogens (tertiary/aromatic N) is 2. The van der Waals surface area contributed by atoms with Gasteiger partial charge in [-0.3, -0.25) is 20.2 Å². The van der Waals surface area contributed by atoms with Crippen molar-refractivity contribution in [1.82, 2.24) is 0 Å². The molecule has 5 aromatic carbocycles. The van der Waals surface area contributed by atoms with Gasteiger partial charge in [0, 0.05) is 23.5 Å². The number of nitrogen functional groups attached to an aromatic ring is 1. The highest BCUT2D eigenvalue weighted by Crippen LogP contribution is 2.27. The van der Waals surface area contributed by atoms with E-state index in [4.69, 9.17) is 5.73 Å². The molecule has 0 unspecified atom stereocenters. The average Bonchev–Trinajstić information content (AvgIpc) is 2.98. The van der Waals surface area contributed by atoms with E-state index in [-0.39, 0.29) is 5.69 Å². The second kappa shape index (κ2) is 15.1. The maximum Gasteiger partial charge on any atom is 0.304 e. The minimum Gasteiger partial charge on any atom is -0.397 e. The normalized spacial score (nSPS) is 9.79. The zero-order valence-corrected chi connectivity index (χ0v) is 23.0. The summed E-state index contributed by atoms with van der Waals surface area (Å²) in [5.74, 6) is -0.799. The van der Waals surface area contributed by atoms with Gasteiger partial charge in [-0.25, -0.2) is 0 Å². The highest BCUT2D eigenvalue weighted by molar-refractivity contribution is 5.72. The molecule has 0 spiro atoms. The van der Waals surface area contributed by atoms with Crippen LogP contribution in [0.4, 0.5) is 44.2 Å². The molecule has 0 heterocycles. The molecular formula is C32H30FN5O4. The van der Waals surface area contributed by atoms with Gasteiger partial charge in [-0.15, -0.1) is 0 Å². The van der Waals surface area contributed by atoms with Crippen molar-refractivity contribution in [3.63, 3.8) is 0 Å². The zero-order valence-electron chi connectivity index (χ0n) is 23.0. The van der Waals surface area contributed by atoms with E-state index in [1.165, 1.54) is 23.8 Å². The molecule has 0 aromatic heterocycles. The standard InChI is InChI=1S/C13H12N2O2.C13H14N2.C6H4FNO2/c1-10-6-8-11(9-7-10)14-12-4-2-3-5-13(12)15(16)17;1-10-6-8-11(9-7-10)15-13-5-3-2-4-12(13)14;7-5-3-1-2-4-6(5)8(9)10/h2-9,14H,1H3;2-9,15H,14H2,1H3;1-4H. The largest absolute Gasteiger partial charge is 0.397 e. The molecule has 5 aromatic rings. The third-order valence-electron chi connectivity index (χ3n) is 5.77. The lowest BCUT2D eigenvalue weighted by atomic mass is 10.2. The fraction of sp³-hybridized carbons (Fsp3) is 0.0625. The lowest BCUT2D eigenvalue weighted by Crippen LogP contribution is -1.96. The van der Waals surface area contributed by atoms with Gasteiger partial charge in [0.1, 0.15) is 5.69 Å². The number of para-hydroxylation sites is 5. The van der Waals surface area contributed by atoms with E-state index >= 15 is 0 Å². The molecule has 4 N–H and O–H groups in total. The Morgan fingerprint density at radius 1 is 0.571 bits per heavy atom. The predicted molar refractivity (Wildman–Crippen MR) is 166 cm³/mol. The van der Waals surface area contributed by atoms with E-state index in [0.29, 0.717) is 5.69 Å². The van der Waals surface area contributed by atoms with E-state index in [0.717, 1.165) is 40.4 Å². The van der Waals surface area contributed by atoms with Gasteiger partial charge in [-0.05, 0) is 62.4 Å². The summed E-state index contributed by atoms with van der Waals surface area (Å²) < 4.78 is 12.4. The second-order valence-corrected chi connectivity index (χ2v) is 9.05. The third-order valence-corrected chi connectivity index (χ3v) is 5.77. The Morgan fingerprint density at radius 3 is 1.43 bits per heavy atom. The van der Waals surface area contributed by atoms with Gasteiger partial charge < -0.3 is 16.4 Å². The molecule has 0 atom stereocenters. The van der Waals surface area contributed by atoms with Gasteiger partial charge in [-0.1, -0.05) is 71.8 Å². The van der Waals surface area contributed by atoms with Crippen molar-refractivity contribution in [1.29, 1.82) is 0 Å². The molecule has 214 valence electrons. The summed E-state index contributed by atoms with van der Waals surface area (Å²) >= 11 is 0. The Morgan fingerprint density at radius 2 is 0.976 bits per heavy atom. The lowest BCUT2D eigenvalue weighted by molar-refractivity contribution is -0.387. The van der Waals surface area contributed by atoms with Crippen LogP contribution in [-0.2, 0) is 0 Å². The van der Waals surface area contributed by atoms with Crippen LogP contribution in [0.15, 0.2) is 121 Å². The molecule has 0 saturated carbocycles. The van der Waals surface area contributed by atoms with Gasteiger partial charge >= 0.3 is 5.69 Å². The number of aryl methyl sites for hydroxylation is 2. The van der Waals surface area contributed by atoms with Crippen LogP contribution in [0.5, 0.6) is 0 Å². The van der Waals surface area contributed by atoms with E-state index in [1.54, 1.807) is 18.2 Å². The number of hydrogen-bond donors (Lipinski definition) is 3. The van der Waals surface area contributed by atoms with E-state index in [9.17, 15) is 24.6 Å². The quantitative estimate of drug-likeness (QED) is 0.106. The van der Waals surface area contributed by atoms with E-state index < -0.39 is 21.4 Å². The molecule has 0 aliphatic carbocycles. The Labute approximate surface area is 242 Å². The molecule has 42 heavy (non-hydrogen) atoms. The first kappa shape index (κ1) is 30.8. The molecule has 0 aliphatic heterocycles. The minimum atomic E-state index is -0.799. The lowest BCUT2D eigenvalue weighted by Gasteiger charge is -2.08. The number of benzene rings is 5. The summed E-state index contributed by atoms with van der Waals surface area (Å²) in [5, 5.41) is 27.1. The van der Waals surface area contributed by atoms with Crippen molar-refractivity contribution in [3.05, 3.63) is 159 Å². The zero-order chi connectivity index (χ0) is 30.5. The molecule has 0 radical (unpaired) electrons. The van der Waals surface area contributed by atoms with Crippen LogP contribution in [0.25, 0.3) is 0 Å². The number of nitro benzene ring substituents is 2. The Kier molecular flexibility index (Phi) is 11.1. The summed E-state index contributed by atoms with van der Waals surface area (Å²) in [7, 11) is 0. The molecule has 0 aliphatic rings. The molecule has 0 bridgehead atoms. The summed E-state index contributed by atoms with van der Waals surface area (Å²) in [6, 6.07) is 35.3. The van der Waals surface area contributed by atoms with Crippen LogP contribution in [0.1, 0.15) is 11.1 Å². The van der Waals surface area contributed by atoms with Crippen LogP contribution >= 0.6 is 0 Å². The monoisotopic (exact) mass is 567 g/mol. The molecule has 0 amide bonds. The number of halogens is 1. The summed E-state index contributed by atoms with van der Waals surface area (Å²) in [6.45, 7) is 4.06. The number of anilines is 5. The number of nitrogens with two attached hydrogens (primary N) is 1. The molecule has 10 heteroatoms. The Hall–Kier alpha value is -5.77. The van der Waals surface area contributed by atoms with Gasteiger partial charge in [0.05, 0.1) is 21.2 Å². The summed E-state index contributed by atoms with van der Waals surface area (Å²) in [5.41, 5.74) is 11.9. The smallest absolute Gasteiger partial charge is 0.304 e. The first-order chi connectivity index (χ1) is 20.1. The molecule has 0 saturated heterocycles. The van der Waals surface area contributed by atoms with Crippen LogP contribution in [-0.4, -0.2) is 9.85 Å². The summed E-state index contributed by atoms with van der Waals surface area (Å²) in [4.78, 5) is 19.7. The van der Waals surface area contributed by atoms with Crippen LogP contribution < -0.4 is 16.4 Å². The first-order valence-corrected chi connectivity index (χ1v) is 12.8. The third kappa shape index (κ3) is 9.45. The minimum absolute atomic E-state index is 0.0769. The van der Waals surface area contributed by atoms with E-state index in [1.807, 2.05) is 67.6 Å². The van der Waals surface area contributed by atoms with Crippen LogP contribution in [0.3, 0.4) is 0 Å². The van der Waals surface area contributed by atoms with Gasteiger partial charge in [0.15, 0.2) is 0 Å². The van der Waals surface area contributed by atoms with Crippen LogP contribution in [0, 0.1) is 39.9 Å². The maximum absolute atomic E-state index is 12.4. The maximum atomic E-state index is 12.4. The number of nitro groups is 2. The van der Waals surface area contributed by atoms with Crippen molar-refractivity contribution < 1.29 is 14.2 Å². The van der Waals surface area contributed by atoms with Crippen molar-refractivity contribution >= 4 is 39.8 Å². The van der Waals surface area contributed by atoms with Crippen molar-refractivity contribution in [2.75, 3.05) is 16.4 Å². The van der Waals surface area contributed by atoms with Crippen molar-refractivity contribution in [2.24, 2.45) is 0 Å². The number of nitrogens with one attached hydrogen (secondary N) is 2. The fourth-order valence-electron chi connectivity index (χ4n) is 3.53. The Balaban J connectivity index is 0.000000179. The molecule has 9 nitrogen and oxygen atoms in total. The molecule has 0 fully saturated rings. The SMILES string of the molecule is Cc1ccc(Nc2ccccc2N)cc1.Cc1ccc(Nc2ccccc2[N+](=O)[O-])cc1.O=[N+]([O-])c1ccccc1F.